The molecule has 0 bridgehead atoms. The van der Waals surface area contributed by atoms with Gasteiger partial charge in [-0.25, -0.2) is 8.78 Å². The standard InChI is InChI=1S/C20H15F2NO2/c1-25-19-5-3-2-4-16(19)20(24)13-6-9-15(10-7-13)23-18-11-8-14(21)12-17(18)22/h2-12,23H,1H3. The van der Waals surface area contributed by atoms with Crippen LogP contribution in [0.5, 0.6) is 5.75 Å². The summed E-state index contributed by atoms with van der Waals surface area (Å²) >= 11 is 0. The molecular formula is C20H15F2NO2. The van der Waals surface area contributed by atoms with Gasteiger partial charge in [-0.1, -0.05) is 12.1 Å². The molecule has 0 aliphatic heterocycles. The zero-order valence-electron chi connectivity index (χ0n) is 13.4. The van der Waals surface area contributed by atoms with Gasteiger partial charge in [0, 0.05) is 17.3 Å². The number of hydrogen-bond donors (Lipinski definition) is 1. The number of hydrogen-bond acceptors (Lipinski definition) is 3. The first-order valence-electron chi connectivity index (χ1n) is 7.58. The van der Waals surface area contributed by atoms with Gasteiger partial charge < -0.3 is 10.1 Å². The van der Waals surface area contributed by atoms with Gasteiger partial charge in [0.15, 0.2) is 5.78 Å². The average Bonchev–Trinajstić information content (AvgIpc) is 2.64. The van der Waals surface area contributed by atoms with E-state index < -0.39 is 11.6 Å². The average molecular weight is 339 g/mol. The second-order valence-electron chi connectivity index (χ2n) is 5.36. The van der Waals surface area contributed by atoms with Crippen molar-refractivity contribution in [1.29, 1.82) is 0 Å². The van der Waals surface area contributed by atoms with Crippen LogP contribution in [-0.2, 0) is 0 Å². The molecule has 0 fully saturated rings. The highest BCUT2D eigenvalue weighted by Crippen LogP contribution is 2.24. The van der Waals surface area contributed by atoms with Crippen LogP contribution in [0.25, 0.3) is 0 Å². The first kappa shape index (κ1) is 16.6. The quantitative estimate of drug-likeness (QED) is 0.669. The molecule has 5 heteroatoms. The first-order valence-corrected chi connectivity index (χ1v) is 7.58. The normalized spacial score (nSPS) is 10.4. The molecule has 0 radical (unpaired) electrons. The third-order valence-electron chi connectivity index (χ3n) is 3.71. The molecule has 1 N–H and O–H groups in total. The fraction of sp³-hybridized carbons (Fsp3) is 0.0500. The third kappa shape index (κ3) is 3.66. The summed E-state index contributed by atoms with van der Waals surface area (Å²) in [6.45, 7) is 0. The molecule has 0 aliphatic carbocycles. The highest BCUT2D eigenvalue weighted by Gasteiger charge is 2.14. The maximum Gasteiger partial charge on any atom is 0.196 e. The van der Waals surface area contributed by atoms with Crippen LogP contribution < -0.4 is 10.1 Å². The zero-order chi connectivity index (χ0) is 17.8. The molecule has 0 unspecified atom stereocenters. The molecule has 25 heavy (non-hydrogen) atoms. The number of carbonyl (C=O) groups excluding carboxylic acids is 1. The van der Waals surface area contributed by atoms with Crippen LogP contribution in [0, 0.1) is 11.6 Å². The Bertz CT molecular complexity index is 908. The molecule has 3 rings (SSSR count). The minimum Gasteiger partial charge on any atom is -0.496 e. The van der Waals surface area contributed by atoms with Crippen LogP contribution in [0.3, 0.4) is 0 Å². The largest absolute Gasteiger partial charge is 0.496 e. The Hall–Kier alpha value is -3.21. The molecule has 0 aromatic heterocycles. The molecule has 0 heterocycles. The predicted octanol–water partition coefficient (Wildman–Crippen LogP) is 4.95. The minimum atomic E-state index is -0.686. The number of carbonyl (C=O) groups is 1. The smallest absolute Gasteiger partial charge is 0.196 e. The van der Waals surface area contributed by atoms with Crippen molar-refractivity contribution in [2.45, 2.75) is 0 Å². The van der Waals surface area contributed by atoms with E-state index in [2.05, 4.69) is 5.32 Å². The number of ether oxygens (including phenoxy) is 1. The van der Waals surface area contributed by atoms with Crippen molar-refractivity contribution in [2.75, 3.05) is 12.4 Å². The summed E-state index contributed by atoms with van der Waals surface area (Å²) in [5.41, 5.74) is 1.69. The van der Waals surface area contributed by atoms with E-state index in [0.29, 0.717) is 22.6 Å². The van der Waals surface area contributed by atoms with Crippen LogP contribution in [0.2, 0.25) is 0 Å². The van der Waals surface area contributed by atoms with Gasteiger partial charge in [0.25, 0.3) is 0 Å². The lowest BCUT2D eigenvalue weighted by atomic mass is 10.0. The number of anilines is 2. The highest BCUT2D eigenvalue weighted by atomic mass is 19.1. The van der Waals surface area contributed by atoms with Gasteiger partial charge >= 0.3 is 0 Å². The minimum absolute atomic E-state index is 0.158. The van der Waals surface area contributed by atoms with Crippen molar-refractivity contribution in [1.82, 2.24) is 0 Å². The molecule has 0 saturated heterocycles. The number of nitrogens with one attached hydrogen (secondary N) is 1. The van der Waals surface area contributed by atoms with Crippen LogP contribution >= 0.6 is 0 Å². The van der Waals surface area contributed by atoms with Crippen LogP contribution in [-0.4, -0.2) is 12.9 Å². The Morgan fingerprint density at radius 3 is 2.36 bits per heavy atom. The van der Waals surface area contributed by atoms with E-state index in [1.165, 1.54) is 19.2 Å². The lowest BCUT2D eigenvalue weighted by Crippen LogP contribution is -2.04. The van der Waals surface area contributed by atoms with Crippen molar-refractivity contribution in [2.24, 2.45) is 0 Å². The van der Waals surface area contributed by atoms with Gasteiger partial charge in [0.1, 0.15) is 17.4 Å². The van der Waals surface area contributed by atoms with Gasteiger partial charge in [0.05, 0.1) is 18.4 Å². The molecule has 0 spiro atoms. The summed E-state index contributed by atoms with van der Waals surface area (Å²) in [4.78, 5) is 12.6. The number of para-hydroxylation sites is 1. The second kappa shape index (κ2) is 7.13. The molecule has 3 aromatic carbocycles. The summed E-state index contributed by atoms with van der Waals surface area (Å²) in [6.07, 6.45) is 0. The number of halogens is 2. The van der Waals surface area contributed by atoms with Crippen molar-refractivity contribution < 1.29 is 18.3 Å². The highest BCUT2D eigenvalue weighted by molar-refractivity contribution is 6.10. The Morgan fingerprint density at radius 2 is 1.68 bits per heavy atom. The van der Waals surface area contributed by atoms with E-state index >= 15 is 0 Å². The molecule has 0 saturated carbocycles. The van der Waals surface area contributed by atoms with E-state index in [4.69, 9.17) is 4.74 Å². The molecule has 3 nitrogen and oxygen atoms in total. The maximum absolute atomic E-state index is 13.7. The van der Waals surface area contributed by atoms with Gasteiger partial charge in [-0.3, -0.25) is 4.79 Å². The maximum atomic E-state index is 13.7. The predicted molar refractivity (Wildman–Crippen MR) is 92.5 cm³/mol. The lowest BCUT2D eigenvalue weighted by Gasteiger charge is -2.10. The topological polar surface area (TPSA) is 38.3 Å². The Labute approximate surface area is 143 Å². The van der Waals surface area contributed by atoms with Crippen LogP contribution in [0.4, 0.5) is 20.2 Å². The van der Waals surface area contributed by atoms with Gasteiger partial charge in [0.2, 0.25) is 0 Å². The molecular weight excluding hydrogens is 324 g/mol. The lowest BCUT2D eigenvalue weighted by molar-refractivity contribution is 0.103. The Balaban J connectivity index is 1.81. The van der Waals surface area contributed by atoms with Gasteiger partial charge in [-0.15, -0.1) is 0 Å². The fourth-order valence-corrected chi connectivity index (χ4v) is 2.44. The summed E-state index contributed by atoms with van der Waals surface area (Å²) in [7, 11) is 1.51. The molecule has 3 aromatic rings. The summed E-state index contributed by atoms with van der Waals surface area (Å²) in [5, 5.41) is 2.85. The monoisotopic (exact) mass is 339 g/mol. The van der Waals surface area contributed by atoms with Gasteiger partial charge in [-0.2, -0.15) is 0 Å². The summed E-state index contributed by atoms with van der Waals surface area (Å²) < 4.78 is 31.8. The molecule has 126 valence electrons. The van der Waals surface area contributed by atoms with E-state index in [9.17, 15) is 13.6 Å². The summed E-state index contributed by atoms with van der Waals surface area (Å²) in [6, 6.07) is 16.9. The Morgan fingerprint density at radius 1 is 0.960 bits per heavy atom. The molecule has 0 aliphatic rings. The zero-order valence-corrected chi connectivity index (χ0v) is 13.4. The fourth-order valence-electron chi connectivity index (χ4n) is 2.44. The van der Waals surface area contributed by atoms with Gasteiger partial charge in [-0.05, 0) is 48.5 Å². The van der Waals surface area contributed by atoms with E-state index in [0.717, 1.165) is 6.07 Å². The molecule has 0 atom stereocenters. The van der Waals surface area contributed by atoms with E-state index in [-0.39, 0.29) is 11.5 Å². The number of benzene rings is 3. The van der Waals surface area contributed by atoms with Crippen LogP contribution in [0.15, 0.2) is 66.7 Å². The SMILES string of the molecule is COc1ccccc1C(=O)c1ccc(Nc2ccc(F)cc2F)cc1. The van der Waals surface area contributed by atoms with Crippen molar-refractivity contribution in [3.05, 3.63) is 89.5 Å². The van der Waals surface area contributed by atoms with Crippen molar-refractivity contribution in [3.63, 3.8) is 0 Å². The number of rotatable bonds is 5. The number of methoxy groups -OCH3 is 1. The van der Waals surface area contributed by atoms with Crippen molar-refractivity contribution in [3.8, 4) is 5.75 Å². The summed E-state index contributed by atoms with van der Waals surface area (Å²) in [5.74, 6) is -0.991. The van der Waals surface area contributed by atoms with Crippen LogP contribution in [0.1, 0.15) is 15.9 Å². The Kier molecular flexibility index (Phi) is 4.75. The van der Waals surface area contributed by atoms with E-state index in [1.807, 2.05) is 0 Å². The first-order chi connectivity index (χ1) is 12.1. The second-order valence-corrected chi connectivity index (χ2v) is 5.36. The third-order valence-corrected chi connectivity index (χ3v) is 3.71. The van der Waals surface area contributed by atoms with Crippen molar-refractivity contribution >= 4 is 17.2 Å². The molecule has 0 amide bonds. The number of ketones is 1. The van der Waals surface area contributed by atoms with E-state index in [1.54, 1.807) is 48.5 Å².